The van der Waals surface area contributed by atoms with E-state index in [-0.39, 0.29) is 23.9 Å². The molecular formula is C18H23F2N3O4. The fourth-order valence-electron chi connectivity index (χ4n) is 4.00. The van der Waals surface area contributed by atoms with Crippen molar-refractivity contribution in [3.8, 4) is 5.75 Å². The molecule has 3 rings (SSSR count). The van der Waals surface area contributed by atoms with E-state index >= 15 is 0 Å². The van der Waals surface area contributed by atoms with Crippen molar-refractivity contribution in [3.63, 3.8) is 0 Å². The maximum Gasteiger partial charge on any atom is 0.272 e. The largest absolute Gasteiger partial charge is 0.506 e. The number of pyridine rings is 1. The molecule has 0 bridgehead atoms. The number of aromatic hydroxyl groups is 1. The van der Waals surface area contributed by atoms with Crippen molar-refractivity contribution in [2.75, 3.05) is 39.9 Å². The fourth-order valence-corrected chi connectivity index (χ4v) is 4.00. The second-order valence-corrected chi connectivity index (χ2v) is 7.26. The van der Waals surface area contributed by atoms with Crippen LogP contribution in [0.1, 0.15) is 29.8 Å². The third-order valence-electron chi connectivity index (χ3n) is 5.16. The minimum atomic E-state index is -3.16. The van der Waals surface area contributed by atoms with Gasteiger partial charge in [0.15, 0.2) is 0 Å². The molecule has 0 aromatic carbocycles. The number of hydrogen-bond donors (Lipinski definition) is 1. The highest BCUT2D eigenvalue weighted by Gasteiger charge is 2.56. The maximum absolute atomic E-state index is 14.5. The lowest BCUT2D eigenvalue weighted by Gasteiger charge is -2.49. The number of ether oxygens (including phenoxy) is 1. The maximum atomic E-state index is 14.5. The Kier molecular flexibility index (Phi) is 5.32. The molecule has 9 heteroatoms. The summed E-state index contributed by atoms with van der Waals surface area (Å²) < 4.78 is 34.1. The summed E-state index contributed by atoms with van der Waals surface area (Å²) in [4.78, 5) is 32.1. The zero-order valence-corrected chi connectivity index (χ0v) is 15.2. The van der Waals surface area contributed by atoms with Gasteiger partial charge < -0.3 is 19.6 Å². The molecule has 2 fully saturated rings. The number of halogens is 2. The molecule has 1 atom stereocenters. The molecule has 0 aliphatic carbocycles. The molecule has 1 N–H and O–H groups in total. The van der Waals surface area contributed by atoms with Crippen molar-refractivity contribution in [1.82, 2.24) is 14.8 Å². The number of likely N-dealkylation sites (tertiary alicyclic amines) is 2. The lowest BCUT2D eigenvalue weighted by atomic mass is 9.71. The van der Waals surface area contributed by atoms with Gasteiger partial charge in [-0.15, -0.1) is 0 Å². The van der Waals surface area contributed by atoms with Crippen LogP contribution in [0, 0.1) is 5.41 Å². The Hall–Kier alpha value is -2.29. The monoisotopic (exact) mass is 383 g/mol. The molecule has 2 aliphatic heterocycles. The van der Waals surface area contributed by atoms with Gasteiger partial charge in [-0.05, 0) is 25.0 Å². The number of alkyl halides is 2. The molecule has 0 radical (unpaired) electrons. The van der Waals surface area contributed by atoms with E-state index in [1.165, 1.54) is 19.2 Å². The summed E-state index contributed by atoms with van der Waals surface area (Å²) >= 11 is 0. The molecule has 148 valence electrons. The Morgan fingerprint density at radius 3 is 2.81 bits per heavy atom. The fraction of sp³-hybridized carbons (Fsp3) is 0.611. The summed E-state index contributed by atoms with van der Waals surface area (Å²) in [6, 6.07) is 2.56. The Morgan fingerprint density at radius 2 is 2.15 bits per heavy atom. The number of methoxy groups -OCH3 is 1. The van der Waals surface area contributed by atoms with Crippen LogP contribution in [-0.2, 0) is 9.53 Å². The van der Waals surface area contributed by atoms with Gasteiger partial charge in [0.05, 0.1) is 24.8 Å². The Labute approximate surface area is 155 Å². The van der Waals surface area contributed by atoms with Gasteiger partial charge in [0.1, 0.15) is 11.4 Å². The van der Waals surface area contributed by atoms with Gasteiger partial charge in [0.2, 0.25) is 5.91 Å². The zero-order chi connectivity index (χ0) is 19.7. The van der Waals surface area contributed by atoms with Crippen molar-refractivity contribution < 1.29 is 28.2 Å². The molecule has 1 unspecified atom stereocenters. The smallest absolute Gasteiger partial charge is 0.272 e. The highest BCUT2D eigenvalue weighted by Crippen LogP contribution is 2.45. The van der Waals surface area contributed by atoms with Crippen molar-refractivity contribution in [2.24, 2.45) is 5.41 Å². The SMILES string of the molecule is COCCN1CCCC2(CN(C(=O)c3ccc(O)cn3)CC(F)(F)C2)C1=O. The van der Waals surface area contributed by atoms with Gasteiger partial charge in [0, 0.05) is 33.2 Å². The molecule has 1 aromatic rings. The zero-order valence-electron chi connectivity index (χ0n) is 15.2. The van der Waals surface area contributed by atoms with Crippen molar-refractivity contribution >= 4 is 11.8 Å². The first-order chi connectivity index (χ1) is 12.8. The quantitative estimate of drug-likeness (QED) is 0.853. The van der Waals surface area contributed by atoms with Gasteiger partial charge in [-0.25, -0.2) is 13.8 Å². The molecule has 2 aliphatic rings. The summed E-state index contributed by atoms with van der Waals surface area (Å²) in [5.74, 6) is -4.30. The lowest BCUT2D eigenvalue weighted by Crippen LogP contribution is -2.62. The molecule has 2 amide bonds. The molecule has 1 spiro atoms. The number of carbonyl (C=O) groups excluding carboxylic acids is 2. The third-order valence-corrected chi connectivity index (χ3v) is 5.16. The van der Waals surface area contributed by atoms with Crippen LogP contribution in [0.15, 0.2) is 18.3 Å². The Morgan fingerprint density at radius 1 is 1.37 bits per heavy atom. The molecule has 27 heavy (non-hydrogen) atoms. The lowest BCUT2D eigenvalue weighted by molar-refractivity contribution is -0.166. The number of nitrogens with zero attached hydrogens (tertiary/aromatic N) is 3. The Balaban J connectivity index is 1.85. The number of aromatic nitrogens is 1. The van der Waals surface area contributed by atoms with Gasteiger partial charge in [-0.3, -0.25) is 9.59 Å². The van der Waals surface area contributed by atoms with Crippen LogP contribution in [0.2, 0.25) is 0 Å². The summed E-state index contributed by atoms with van der Waals surface area (Å²) in [5.41, 5.74) is -1.33. The topological polar surface area (TPSA) is 83.0 Å². The van der Waals surface area contributed by atoms with E-state index in [1.54, 1.807) is 4.90 Å². The first-order valence-corrected chi connectivity index (χ1v) is 8.87. The van der Waals surface area contributed by atoms with Crippen molar-refractivity contribution in [1.29, 1.82) is 0 Å². The molecular weight excluding hydrogens is 360 g/mol. The highest BCUT2D eigenvalue weighted by molar-refractivity contribution is 5.93. The van der Waals surface area contributed by atoms with Gasteiger partial charge in [-0.1, -0.05) is 0 Å². The van der Waals surface area contributed by atoms with E-state index in [1.807, 2.05) is 0 Å². The second kappa shape index (κ2) is 7.38. The minimum absolute atomic E-state index is 0.0415. The first kappa shape index (κ1) is 19.5. The van der Waals surface area contributed by atoms with Crippen LogP contribution >= 0.6 is 0 Å². The predicted molar refractivity (Wildman–Crippen MR) is 91.5 cm³/mol. The normalized spacial score (nSPS) is 25.1. The number of amides is 2. The van der Waals surface area contributed by atoms with Crippen LogP contribution in [0.4, 0.5) is 8.78 Å². The third kappa shape index (κ3) is 4.02. The van der Waals surface area contributed by atoms with Crippen LogP contribution in [0.25, 0.3) is 0 Å². The number of carbonyl (C=O) groups is 2. The van der Waals surface area contributed by atoms with Crippen LogP contribution in [0.5, 0.6) is 5.75 Å². The average Bonchev–Trinajstić information content (AvgIpc) is 2.62. The van der Waals surface area contributed by atoms with Gasteiger partial charge in [-0.2, -0.15) is 0 Å². The van der Waals surface area contributed by atoms with E-state index in [2.05, 4.69) is 4.98 Å². The van der Waals surface area contributed by atoms with Crippen molar-refractivity contribution in [2.45, 2.75) is 25.2 Å². The summed E-state index contributed by atoms with van der Waals surface area (Å²) in [6.07, 6.45) is 1.45. The number of rotatable bonds is 4. The van der Waals surface area contributed by atoms with Gasteiger partial charge in [0.25, 0.3) is 11.8 Å². The first-order valence-electron chi connectivity index (χ1n) is 8.87. The number of piperidine rings is 2. The molecule has 0 saturated carbocycles. The van der Waals surface area contributed by atoms with Crippen molar-refractivity contribution in [3.05, 3.63) is 24.0 Å². The van der Waals surface area contributed by atoms with Gasteiger partial charge >= 0.3 is 0 Å². The van der Waals surface area contributed by atoms with E-state index in [0.717, 1.165) is 11.1 Å². The minimum Gasteiger partial charge on any atom is -0.506 e. The summed E-state index contributed by atoms with van der Waals surface area (Å²) in [6.45, 7) is 0.366. The summed E-state index contributed by atoms with van der Waals surface area (Å²) in [7, 11) is 1.52. The van der Waals surface area contributed by atoms with E-state index < -0.39 is 30.2 Å². The summed E-state index contributed by atoms with van der Waals surface area (Å²) in [5, 5.41) is 9.30. The van der Waals surface area contributed by atoms with E-state index in [0.29, 0.717) is 32.5 Å². The highest BCUT2D eigenvalue weighted by atomic mass is 19.3. The van der Waals surface area contributed by atoms with E-state index in [4.69, 9.17) is 4.74 Å². The standard InChI is InChI=1S/C18H23F2N3O4/c1-27-8-7-22-6-2-5-17(16(22)26)10-18(19,20)12-23(11-17)15(25)14-4-3-13(24)9-21-14/h3-4,9,24H,2,5-8,10-12H2,1H3. The number of hydrogen-bond acceptors (Lipinski definition) is 5. The molecule has 2 saturated heterocycles. The second-order valence-electron chi connectivity index (χ2n) is 7.26. The van der Waals surface area contributed by atoms with Crippen LogP contribution < -0.4 is 0 Å². The molecule has 1 aromatic heterocycles. The molecule has 3 heterocycles. The average molecular weight is 383 g/mol. The van der Waals surface area contributed by atoms with E-state index in [9.17, 15) is 23.5 Å². The predicted octanol–water partition coefficient (Wildman–Crippen LogP) is 1.52. The van der Waals surface area contributed by atoms with Crippen LogP contribution in [0.3, 0.4) is 0 Å². The molecule has 7 nitrogen and oxygen atoms in total. The van der Waals surface area contributed by atoms with Crippen LogP contribution in [-0.4, -0.2) is 77.5 Å². The Bertz CT molecular complexity index is 713.